The summed E-state index contributed by atoms with van der Waals surface area (Å²) in [6.45, 7) is 0. The van der Waals surface area contributed by atoms with Crippen LogP contribution in [0.15, 0.2) is 72.1 Å². The molecule has 0 saturated heterocycles. The lowest BCUT2D eigenvalue weighted by Gasteiger charge is -2.01. The number of furan rings is 1. The number of aromatic hydroxyl groups is 1. The van der Waals surface area contributed by atoms with Crippen molar-refractivity contribution in [3.8, 4) is 39.7 Å². The van der Waals surface area contributed by atoms with Gasteiger partial charge in [0.1, 0.15) is 11.4 Å². The Morgan fingerprint density at radius 1 is 0.867 bits per heavy atom. The van der Waals surface area contributed by atoms with Crippen LogP contribution < -0.4 is 0 Å². The zero-order valence-electron chi connectivity index (χ0n) is 15.5. The molecule has 0 bridgehead atoms. The van der Waals surface area contributed by atoms with E-state index >= 15 is 0 Å². The van der Waals surface area contributed by atoms with Crippen LogP contribution in [0.3, 0.4) is 0 Å². The lowest BCUT2D eigenvalue weighted by molar-refractivity contribution is 0.473. The number of pyridine rings is 3. The van der Waals surface area contributed by atoms with Crippen LogP contribution in [0.1, 0.15) is 0 Å². The van der Waals surface area contributed by atoms with E-state index in [1.165, 1.54) is 6.20 Å². The molecule has 0 unspecified atom stereocenters. The Morgan fingerprint density at radius 2 is 1.80 bits per heavy atom. The minimum atomic E-state index is 0.0942. The maximum atomic E-state index is 9.74. The van der Waals surface area contributed by atoms with Gasteiger partial charge in [0.2, 0.25) is 0 Å². The molecule has 8 heteroatoms. The highest BCUT2D eigenvalue weighted by atomic mass is 16.3. The van der Waals surface area contributed by atoms with Gasteiger partial charge in [0, 0.05) is 39.8 Å². The second-order valence-corrected chi connectivity index (χ2v) is 6.93. The van der Waals surface area contributed by atoms with Gasteiger partial charge in [-0.2, -0.15) is 5.10 Å². The van der Waals surface area contributed by atoms with Crippen LogP contribution in [0.4, 0.5) is 0 Å². The van der Waals surface area contributed by atoms with Gasteiger partial charge in [0.15, 0.2) is 0 Å². The van der Waals surface area contributed by atoms with Crippen molar-refractivity contribution in [2.24, 2.45) is 0 Å². The van der Waals surface area contributed by atoms with Gasteiger partial charge >= 0.3 is 0 Å². The molecule has 6 rings (SSSR count). The van der Waals surface area contributed by atoms with Gasteiger partial charge in [-0.15, -0.1) is 0 Å². The Labute approximate surface area is 169 Å². The lowest BCUT2D eigenvalue weighted by atomic mass is 10.1. The highest BCUT2D eigenvalue weighted by Crippen LogP contribution is 2.34. The van der Waals surface area contributed by atoms with Crippen molar-refractivity contribution in [2.75, 3.05) is 0 Å². The Morgan fingerprint density at radius 3 is 2.67 bits per heavy atom. The van der Waals surface area contributed by atoms with Crippen LogP contribution in [0.5, 0.6) is 5.75 Å². The molecule has 3 N–H and O–H groups in total. The Kier molecular flexibility index (Phi) is 3.45. The molecule has 0 atom stereocenters. The quantitative estimate of drug-likeness (QED) is 0.406. The van der Waals surface area contributed by atoms with Crippen LogP contribution in [-0.2, 0) is 0 Å². The molecule has 6 aromatic rings. The molecule has 0 aliphatic carbocycles. The summed E-state index contributed by atoms with van der Waals surface area (Å²) < 4.78 is 5.22. The monoisotopic (exact) mass is 394 g/mol. The summed E-state index contributed by atoms with van der Waals surface area (Å²) in [4.78, 5) is 16.5. The number of H-pyrrole nitrogens is 2. The summed E-state index contributed by atoms with van der Waals surface area (Å²) in [5, 5.41) is 19.2. The first-order chi connectivity index (χ1) is 14.8. The van der Waals surface area contributed by atoms with Crippen LogP contribution in [0.25, 0.3) is 55.7 Å². The zero-order valence-corrected chi connectivity index (χ0v) is 15.5. The number of hydrogen-bond donors (Lipinski definition) is 3. The molecule has 6 aromatic heterocycles. The van der Waals surface area contributed by atoms with E-state index in [4.69, 9.17) is 4.42 Å². The standard InChI is InChI=1S/C22H14N6O2/c29-14-5-13(8-23-9-14)18-6-16-20(10-25-18)27-28-22(16)19-7-15-17(26-19)1-3-24-21(15)12-2-4-30-11-12/h1-11,26,29H,(H,27,28). The number of nitrogens with one attached hydrogen (secondary N) is 2. The normalized spacial score (nSPS) is 11.5. The third kappa shape index (κ3) is 2.55. The first-order valence-corrected chi connectivity index (χ1v) is 9.25. The molecule has 0 spiro atoms. The van der Waals surface area contributed by atoms with Crippen molar-refractivity contribution < 1.29 is 9.52 Å². The number of rotatable bonds is 3. The highest BCUT2D eigenvalue weighted by Gasteiger charge is 2.15. The summed E-state index contributed by atoms with van der Waals surface area (Å²) in [7, 11) is 0. The van der Waals surface area contributed by atoms with E-state index < -0.39 is 0 Å². The van der Waals surface area contributed by atoms with Crippen LogP contribution >= 0.6 is 0 Å². The van der Waals surface area contributed by atoms with E-state index in [2.05, 4.69) is 30.1 Å². The summed E-state index contributed by atoms with van der Waals surface area (Å²) in [5.41, 5.74) is 6.60. The molecule has 30 heavy (non-hydrogen) atoms. The summed E-state index contributed by atoms with van der Waals surface area (Å²) >= 11 is 0. The molecule has 6 heterocycles. The van der Waals surface area contributed by atoms with Gasteiger partial charge in [-0.25, -0.2) is 0 Å². The molecule has 8 nitrogen and oxygen atoms in total. The maximum Gasteiger partial charge on any atom is 0.134 e. The number of fused-ring (bicyclic) bond motifs is 2. The van der Waals surface area contributed by atoms with E-state index in [0.717, 1.165) is 50.0 Å². The summed E-state index contributed by atoms with van der Waals surface area (Å²) in [5.74, 6) is 0.0942. The fourth-order valence-electron chi connectivity index (χ4n) is 3.66. The average Bonchev–Trinajstić information content (AvgIpc) is 3.51. The zero-order chi connectivity index (χ0) is 20.1. The minimum absolute atomic E-state index is 0.0942. The van der Waals surface area contributed by atoms with E-state index in [1.54, 1.807) is 37.2 Å². The predicted octanol–water partition coefficient (Wildman–Crippen LogP) is 4.53. The van der Waals surface area contributed by atoms with E-state index in [0.29, 0.717) is 5.69 Å². The van der Waals surface area contributed by atoms with Gasteiger partial charge in [-0.1, -0.05) is 0 Å². The van der Waals surface area contributed by atoms with Crippen LogP contribution in [0.2, 0.25) is 0 Å². The first kappa shape index (κ1) is 16.5. The fourth-order valence-corrected chi connectivity index (χ4v) is 3.66. The van der Waals surface area contributed by atoms with Gasteiger partial charge in [0.25, 0.3) is 0 Å². The largest absolute Gasteiger partial charge is 0.506 e. The van der Waals surface area contributed by atoms with Gasteiger partial charge in [-0.05, 0) is 30.3 Å². The SMILES string of the molecule is Oc1cncc(-c2cc3c(-c4cc5c(-c6ccoc6)nccc5[nH]4)n[nH]c3cn2)c1. The summed E-state index contributed by atoms with van der Waals surface area (Å²) in [6, 6.07) is 9.43. The Balaban J connectivity index is 1.52. The molecule has 0 aromatic carbocycles. The van der Waals surface area contributed by atoms with Crippen LogP contribution in [0, 0.1) is 0 Å². The highest BCUT2D eigenvalue weighted by molar-refractivity contribution is 6.00. The van der Waals surface area contributed by atoms with Crippen molar-refractivity contribution >= 4 is 21.8 Å². The molecule has 0 amide bonds. The summed E-state index contributed by atoms with van der Waals surface area (Å²) in [6.07, 6.45) is 9.87. The second kappa shape index (κ2) is 6.28. The predicted molar refractivity (Wildman–Crippen MR) is 112 cm³/mol. The molecule has 144 valence electrons. The van der Waals surface area contributed by atoms with Crippen LogP contribution in [-0.4, -0.2) is 35.2 Å². The fraction of sp³-hybridized carbons (Fsp3) is 0. The van der Waals surface area contributed by atoms with Crippen molar-refractivity contribution in [1.29, 1.82) is 0 Å². The first-order valence-electron chi connectivity index (χ1n) is 9.25. The van der Waals surface area contributed by atoms with Gasteiger partial charge in [0.05, 0.1) is 47.5 Å². The Hall–Kier alpha value is -4.46. The molecular formula is C22H14N6O2. The molecular weight excluding hydrogens is 380 g/mol. The van der Waals surface area contributed by atoms with E-state index in [9.17, 15) is 5.11 Å². The molecule has 0 aliphatic rings. The smallest absolute Gasteiger partial charge is 0.134 e. The van der Waals surface area contributed by atoms with Crippen molar-refractivity contribution in [2.45, 2.75) is 0 Å². The number of aromatic nitrogens is 6. The molecule has 0 saturated carbocycles. The van der Waals surface area contributed by atoms with E-state index in [-0.39, 0.29) is 5.75 Å². The average molecular weight is 394 g/mol. The molecule has 0 fully saturated rings. The third-order valence-electron chi connectivity index (χ3n) is 5.06. The topological polar surface area (TPSA) is 117 Å². The molecule has 0 aliphatic heterocycles. The van der Waals surface area contributed by atoms with E-state index in [1.807, 2.05) is 24.3 Å². The number of nitrogens with zero attached hydrogens (tertiary/aromatic N) is 4. The second-order valence-electron chi connectivity index (χ2n) is 6.93. The third-order valence-corrected chi connectivity index (χ3v) is 5.06. The minimum Gasteiger partial charge on any atom is -0.506 e. The van der Waals surface area contributed by atoms with Crippen molar-refractivity contribution in [1.82, 2.24) is 30.1 Å². The van der Waals surface area contributed by atoms with Gasteiger partial charge in [-0.3, -0.25) is 20.1 Å². The maximum absolute atomic E-state index is 9.74. The van der Waals surface area contributed by atoms with Crippen molar-refractivity contribution in [3.05, 3.63) is 67.6 Å². The van der Waals surface area contributed by atoms with Crippen molar-refractivity contribution in [3.63, 3.8) is 0 Å². The number of hydrogen-bond acceptors (Lipinski definition) is 6. The Bertz CT molecular complexity index is 1510. The van der Waals surface area contributed by atoms with Gasteiger partial charge < -0.3 is 14.5 Å². The lowest BCUT2D eigenvalue weighted by Crippen LogP contribution is -1.85. The number of aromatic amines is 2. The molecule has 0 radical (unpaired) electrons.